The third kappa shape index (κ3) is 4.46. The van der Waals surface area contributed by atoms with Crippen LogP contribution >= 0.6 is 11.6 Å². The van der Waals surface area contributed by atoms with Gasteiger partial charge in [0.05, 0.1) is 17.4 Å². The molecule has 31 heavy (non-hydrogen) atoms. The van der Waals surface area contributed by atoms with Crippen LogP contribution in [0.3, 0.4) is 0 Å². The van der Waals surface area contributed by atoms with Crippen LogP contribution in [-0.4, -0.2) is 15.7 Å². The number of nitrogens with one attached hydrogen (secondary N) is 1. The Morgan fingerprint density at radius 2 is 1.48 bits per heavy atom. The molecule has 0 fully saturated rings. The lowest BCUT2D eigenvalue weighted by Gasteiger charge is -2.13. The van der Waals surface area contributed by atoms with Gasteiger partial charge in [-0.05, 0) is 47.5 Å². The number of amides is 1. The molecule has 0 saturated heterocycles. The number of hydrogen-bond acceptors (Lipinski definition) is 2. The highest BCUT2D eigenvalue weighted by Gasteiger charge is 2.40. The zero-order chi connectivity index (χ0) is 22.0. The van der Waals surface area contributed by atoms with Gasteiger partial charge in [-0.3, -0.25) is 4.79 Å². The minimum atomic E-state index is -4.79. The van der Waals surface area contributed by atoms with Crippen LogP contribution in [0.15, 0.2) is 85.1 Å². The number of carbonyl (C=O) groups is 1. The predicted molar refractivity (Wildman–Crippen MR) is 113 cm³/mol. The zero-order valence-corrected chi connectivity index (χ0v) is 16.7. The van der Waals surface area contributed by atoms with Crippen molar-refractivity contribution in [3.05, 3.63) is 101 Å². The van der Waals surface area contributed by atoms with Gasteiger partial charge < -0.3 is 5.32 Å². The number of rotatable bonds is 4. The Morgan fingerprint density at radius 1 is 0.871 bits per heavy atom. The summed E-state index contributed by atoms with van der Waals surface area (Å²) < 4.78 is 42.0. The van der Waals surface area contributed by atoms with Crippen molar-refractivity contribution in [2.75, 3.05) is 5.32 Å². The maximum atomic E-state index is 13.8. The lowest BCUT2D eigenvalue weighted by Crippen LogP contribution is -2.20. The van der Waals surface area contributed by atoms with Crippen molar-refractivity contribution in [2.24, 2.45) is 0 Å². The van der Waals surface area contributed by atoms with Gasteiger partial charge in [0.15, 0.2) is 5.69 Å². The lowest BCUT2D eigenvalue weighted by atomic mass is 10.1. The zero-order valence-electron chi connectivity index (χ0n) is 15.9. The van der Waals surface area contributed by atoms with Gasteiger partial charge in [0, 0.05) is 10.7 Å². The average Bonchev–Trinajstić information content (AvgIpc) is 3.21. The van der Waals surface area contributed by atoms with E-state index in [-0.39, 0.29) is 5.69 Å². The minimum absolute atomic E-state index is 0.142. The summed E-state index contributed by atoms with van der Waals surface area (Å²) in [6, 6.07) is 22.1. The van der Waals surface area contributed by atoms with Gasteiger partial charge in [0.2, 0.25) is 0 Å². The van der Waals surface area contributed by atoms with Gasteiger partial charge >= 0.3 is 6.18 Å². The third-order valence-electron chi connectivity index (χ3n) is 4.60. The normalized spacial score (nSPS) is 11.4. The van der Waals surface area contributed by atoms with E-state index in [0.29, 0.717) is 15.4 Å². The number of aromatic nitrogens is 2. The molecule has 3 aromatic carbocycles. The van der Waals surface area contributed by atoms with Gasteiger partial charge in [-0.1, -0.05) is 54.1 Å². The molecule has 0 radical (unpaired) electrons. The van der Waals surface area contributed by atoms with E-state index < -0.39 is 23.3 Å². The number of halogens is 4. The molecule has 0 aliphatic carbocycles. The summed E-state index contributed by atoms with van der Waals surface area (Å²) in [5.41, 5.74) is 0.692. The molecule has 1 aromatic heterocycles. The van der Waals surface area contributed by atoms with Crippen molar-refractivity contribution in [3.63, 3.8) is 0 Å². The Balaban J connectivity index is 1.62. The van der Waals surface area contributed by atoms with Crippen LogP contribution in [0.5, 0.6) is 0 Å². The molecule has 0 atom stereocenters. The molecule has 4 rings (SSSR count). The second-order valence-corrected chi connectivity index (χ2v) is 7.13. The summed E-state index contributed by atoms with van der Waals surface area (Å²) in [6.07, 6.45) is -3.88. The highest BCUT2D eigenvalue weighted by Crippen LogP contribution is 2.34. The maximum Gasteiger partial charge on any atom is 0.434 e. The van der Waals surface area contributed by atoms with Crippen LogP contribution in [0.2, 0.25) is 5.02 Å². The van der Waals surface area contributed by atoms with Crippen molar-refractivity contribution in [2.45, 2.75) is 6.18 Å². The van der Waals surface area contributed by atoms with E-state index in [2.05, 4.69) is 10.4 Å². The molecule has 1 amide bonds. The predicted octanol–water partition coefficient (Wildman–Crippen LogP) is 6.46. The van der Waals surface area contributed by atoms with E-state index >= 15 is 0 Å². The van der Waals surface area contributed by atoms with Gasteiger partial charge in [-0.25, -0.2) is 4.68 Å². The summed E-state index contributed by atoms with van der Waals surface area (Å²) in [7, 11) is 0. The summed E-state index contributed by atoms with van der Waals surface area (Å²) in [5.74, 6) is -0.903. The Bertz CT molecular complexity index is 1200. The first-order valence-electron chi connectivity index (χ1n) is 9.21. The molecular weight excluding hydrogens is 427 g/mol. The molecular formula is C23H15ClF3N3O. The molecule has 0 bridgehead atoms. The second kappa shape index (κ2) is 8.28. The van der Waals surface area contributed by atoms with Gasteiger partial charge in [-0.2, -0.15) is 18.3 Å². The van der Waals surface area contributed by atoms with Crippen molar-refractivity contribution in [1.29, 1.82) is 0 Å². The molecule has 0 aliphatic heterocycles. The fourth-order valence-corrected chi connectivity index (χ4v) is 3.27. The fourth-order valence-electron chi connectivity index (χ4n) is 3.14. The van der Waals surface area contributed by atoms with E-state index in [0.717, 1.165) is 17.3 Å². The summed E-state index contributed by atoms with van der Waals surface area (Å²) in [4.78, 5) is 12.6. The largest absolute Gasteiger partial charge is 0.434 e. The molecule has 0 unspecified atom stereocenters. The van der Waals surface area contributed by atoms with Crippen molar-refractivity contribution in [1.82, 2.24) is 9.78 Å². The van der Waals surface area contributed by atoms with E-state index in [1.165, 1.54) is 24.3 Å². The highest BCUT2D eigenvalue weighted by atomic mass is 35.5. The number of carbonyl (C=O) groups excluding carboxylic acids is 1. The summed E-state index contributed by atoms with van der Waals surface area (Å²) in [5, 5.41) is 6.68. The summed E-state index contributed by atoms with van der Waals surface area (Å²) in [6.45, 7) is 0. The molecule has 1 heterocycles. The van der Waals surface area contributed by atoms with Crippen molar-refractivity contribution in [3.8, 4) is 16.8 Å². The number of nitrogens with zero attached hydrogens (tertiary/aromatic N) is 2. The molecule has 156 valence electrons. The molecule has 0 saturated carbocycles. The molecule has 8 heteroatoms. The van der Waals surface area contributed by atoms with Crippen LogP contribution in [-0.2, 0) is 6.18 Å². The summed E-state index contributed by atoms with van der Waals surface area (Å²) >= 11 is 5.81. The van der Waals surface area contributed by atoms with E-state index in [9.17, 15) is 18.0 Å². The number of alkyl halides is 3. The van der Waals surface area contributed by atoms with Gasteiger partial charge in [0.25, 0.3) is 5.91 Å². The van der Waals surface area contributed by atoms with Gasteiger partial charge in [0.1, 0.15) is 0 Å². The Hall–Kier alpha value is -3.58. The SMILES string of the molecule is O=C(Nc1ccc(-c2ccccc2)cc1)c1cnn(-c2ccc(Cl)cc2)c1C(F)(F)F. The molecule has 0 spiro atoms. The maximum absolute atomic E-state index is 13.8. The van der Waals surface area contributed by atoms with Crippen molar-refractivity contribution >= 4 is 23.2 Å². The Morgan fingerprint density at radius 3 is 2.10 bits per heavy atom. The standard InChI is InChI=1S/C23H15ClF3N3O/c24-17-8-12-19(13-9-17)30-21(23(25,26)27)20(14-28-30)22(31)29-18-10-6-16(7-11-18)15-4-2-1-3-5-15/h1-14H,(H,29,31). The van der Waals surface area contributed by atoms with E-state index in [1.807, 2.05) is 30.3 Å². The smallest absolute Gasteiger partial charge is 0.322 e. The van der Waals surface area contributed by atoms with Crippen LogP contribution in [0.4, 0.5) is 18.9 Å². The third-order valence-corrected chi connectivity index (χ3v) is 4.86. The molecule has 0 aliphatic rings. The highest BCUT2D eigenvalue weighted by molar-refractivity contribution is 6.30. The lowest BCUT2D eigenvalue weighted by molar-refractivity contribution is -0.143. The Labute approximate surface area is 180 Å². The van der Waals surface area contributed by atoms with Crippen LogP contribution in [0, 0.1) is 0 Å². The quantitative estimate of drug-likeness (QED) is 0.395. The number of benzene rings is 3. The monoisotopic (exact) mass is 441 g/mol. The minimum Gasteiger partial charge on any atom is -0.322 e. The fraction of sp³-hybridized carbons (Fsp3) is 0.0435. The number of anilines is 1. The van der Waals surface area contributed by atoms with E-state index in [1.54, 1.807) is 24.3 Å². The van der Waals surface area contributed by atoms with Crippen molar-refractivity contribution < 1.29 is 18.0 Å². The number of hydrogen-bond donors (Lipinski definition) is 1. The average molecular weight is 442 g/mol. The molecule has 1 N–H and O–H groups in total. The first-order valence-corrected chi connectivity index (χ1v) is 9.59. The second-order valence-electron chi connectivity index (χ2n) is 6.69. The first-order chi connectivity index (χ1) is 14.8. The topological polar surface area (TPSA) is 46.9 Å². The van der Waals surface area contributed by atoms with Crippen LogP contribution < -0.4 is 5.32 Å². The van der Waals surface area contributed by atoms with Gasteiger partial charge in [-0.15, -0.1) is 0 Å². The first kappa shape index (κ1) is 20.7. The van der Waals surface area contributed by atoms with Crippen LogP contribution in [0.1, 0.15) is 16.1 Å². The van der Waals surface area contributed by atoms with Crippen LogP contribution in [0.25, 0.3) is 16.8 Å². The molecule has 4 nitrogen and oxygen atoms in total. The Kier molecular flexibility index (Phi) is 5.52. The van der Waals surface area contributed by atoms with E-state index in [4.69, 9.17) is 11.6 Å². The molecule has 4 aromatic rings.